The Bertz CT molecular complexity index is 1350. The summed E-state index contributed by atoms with van der Waals surface area (Å²) < 4.78 is 0. The van der Waals surface area contributed by atoms with Crippen molar-refractivity contribution in [1.29, 1.82) is 0 Å². The number of hydrogen-bond donors (Lipinski definition) is 4. The fourth-order valence-electron chi connectivity index (χ4n) is 5.01. The summed E-state index contributed by atoms with van der Waals surface area (Å²) in [5.74, 6) is -1.35. The van der Waals surface area contributed by atoms with Gasteiger partial charge < -0.3 is 21.3 Å². The normalized spacial score (nSPS) is 20.3. The van der Waals surface area contributed by atoms with E-state index in [-0.39, 0.29) is 24.8 Å². The van der Waals surface area contributed by atoms with Gasteiger partial charge in [0.15, 0.2) is 0 Å². The summed E-state index contributed by atoms with van der Waals surface area (Å²) in [5.41, 5.74) is 3.12. The minimum Gasteiger partial charge on any atom is -0.374 e. The summed E-state index contributed by atoms with van der Waals surface area (Å²) >= 11 is 0. The van der Waals surface area contributed by atoms with Crippen LogP contribution >= 0.6 is 0 Å². The molecule has 5 rings (SSSR count). The molecule has 1 saturated heterocycles. The Morgan fingerprint density at radius 3 is 2.28 bits per heavy atom. The first-order chi connectivity index (χ1) is 19.0. The number of carbonyl (C=O) groups excluding carboxylic acids is 4. The zero-order valence-corrected chi connectivity index (χ0v) is 21.4. The number of benzene rings is 3. The quantitative estimate of drug-likeness (QED) is 0.360. The minimum atomic E-state index is -1.03. The van der Waals surface area contributed by atoms with Crippen LogP contribution in [0.1, 0.15) is 30.0 Å². The molecule has 2 aliphatic rings. The van der Waals surface area contributed by atoms with Gasteiger partial charge in [0, 0.05) is 13.0 Å². The Balaban J connectivity index is 1.40. The molecule has 0 bridgehead atoms. The molecule has 0 unspecified atom stereocenters. The highest BCUT2D eigenvalue weighted by Crippen LogP contribution is 2.35. The predicted octanol–water partition coefficient (Wildman–Crippen LogP) is 2.31. The number of anilines is 2. The SMILES string of the molecule is O=C(CN1C(=O)[C@H](NC(=O)[C@@H]2CCC(=O)N2)[C@H](c2ccccc2)Nc2ccccc21)NCCc1ccccc1. The van der Waals surface area contributed by atoms with Crippen molar-refractivity contribution < 1.29 is 19.2 Å². The van der Waals surface area contributed by atoms with Crippen molar-refractivity contribution in [2.45, 2.75) is 37.4 Å². The average Bonchev–Trinajstić information content (AvgIpc) is 3.36. The van der Waals surface area contributed by atoms with Crippen molar-refractivity contribution >= 4 is 35.0 Å². The molecule has 1 fully saturated rings. The van der Waals surface area contributed by atoms with Gasteiger partial charge in [0.05, 0.1) is 17.4 Å². The maximum Gasteiger partial charge on any atom is 0.252 e. The third-order valence-electron chi connectivity index (χ3n) is 7.02. The molecule has 0 aliphatic carbocycles. The largest absolute Gasteiger partial charge is 0.374 e. The Kier molecular flexibility index (Phi) is 7.86. The summed E-state index contributed by atoms with van der Waals surface area (Å²) in [6, 6.07) is 24.2. The van der Waals surface area contributed by atoms with Crippen molar-refractivity contribution in [3.8, 4) is 0 Å². The summed E-state index contributed by atoms with van der Waals surface area (Å²) in [6.07, 6.45) is 1.29. The Labute approximate surface area is 227 Å². The van der Waals surface area contributed by atoms with Crippen LogP contribution in [0.2, 0.25) is 0 Å². The summed E-state index contributed by atoms with van der Waals surface area (Å²) in [4.78, 5) is 53.5. The van der Waals surface area contributed by atoms with Crippen LogP contribution in [0, 0.1) is 0 Å². The fourth-order valence-corrected chi connectivity index (χ4v) is 5.01. The van der Waals surface area contributed by atoms with Gasteiger partial charge in [0.2, 0.25) is 17.7 Å². The smallest absolute Gasteiger partial charge is 0.252 e. The molecular weight excluding hydrogens is 494 g/mol. The van der Waals surface area contributed by atoms with Gasteiger partial charge in [-0.15, -0.1) is 0 Å². The molecule has 0 spiro atoms. The first-order valence-corrected chi connectivity index (χ1v) is 13.1. The maximum absolute atomic E-state index is 14.1. The lowest BCUT2D eigenvalue weighted by Gasteiger charge is -2.29. The van der Waals surface area contributed by atoms with Crippen LogP contribution in [0.3, 0.4) is 0 Å². The van der Waals surface area contributed by atoms with E-state index in [1.165, 1.54) is 4.90 Å². The highest BCUT2D eigenvalue weighted by atomic mass is 16.2. The molecule has 0 aromatic heterocycles. The van der Waals surface area contributed by atoms with Gasteiger partial charge in [-0.2, -0.15) is 0 Å². The molecule has 3 aromatic rings. The van der Waals surface area contributed by atoms with Gasteiger partial charge >= 0.3 is 0 Å². The predicted molar refractivity (Wildman–Crippen MR) is 148 cm³/mol. The lowest BCUT2D eigenvalue weighted by Crippen LogP contribution is -2.56. The van der Waals surface area contributed by atoms with E-state index in [9.17, 15) is 19.2 Å². The molecule has 2 aliphatic heterocycles. The number of carbonyl (C=O) groups is 4. The molecule has 39 heavy (non-hydrogen) atoms. The maximum atomic E-state index is 14.1. The van der Waals surface area contributed by atoms with Gasteiger partial charge in [-0.05, 0) is 36.1 Å². The van der Waals surface area contributed by atoms with Crippen LogP contribution in [0.5, 0.6) is 0 Å². The summed E-state index contributed by atoms with van der Waals surface area (Å²) in [6.45, 7) is 0.222. The molecule has 200 valence electrons. The van der Waals surface area contributed by atoms with Crippen molar-refractivity contribution in [3.63, 3.8) is 0 Å². The fraction of sp³-hybridized carbons (Fsp3) is 0.267. The van der Waals surface area contributed by atoms with E-state index in [1.54, 1.807) is 12.1 Å². The molecule has 4 amide bonds. The molecule has 0 radical (unpaired) electrons. The van der Waals surface area contributed by atoms with Gasteiger partial charge in [-0.25, -0.2) is 0 Å². The number of nitrogens with zero attached hydrogens (tertiary/aromatic N) is 1. The number of fused-ring (bicyclic) bond motifs is 1. The molecule has 0 saturated carbocycles. The van der Waals surface area contributed by atoms with Crippen LogP contribution in [-0.4, -0.2) is 48.8 Å². The van der Waals surface area contributed by atoms with E-state index in [1.807, 2.05) is 72.8 Å². The Morgan fingerprint density at radius 1 is 0.872 bits per heavy atom. The number of nitrogens with one attached hydrogen (secondary N) is 4. The van der Waals surface area contributed by atoms with Crippen LogP contribution in [0.15, 0.2) is 84.9 Å². The lowest BCUT2D eigenvalue weighted by molar-refractivity contribution is -0.130. The van der Waals surface area contributed by atoms with Crippen molar-refractivity contribution in [2.75, 3.05) is 23.3 Å². The number of hydrogen-bond acceptors (Lipinski definition) is 5. The van der Waals surface area contributed by atoms with Crippen LogP contribution in [-0.2, 0) is 25.6 Å². The lowest BCUT2D eigenvalue weighted by atomic mass is 9.97. The number of para-hydroxylation sites is 2. The number of rotatable bonds is 8. The third-order valence-corrected chi connectivity index (χ3v) is 7.02. The molecule has 3 atom stereocenters. The van der Waals surface area contributed by atoms with Gasteiger partial charge in [0.1, 0.15) is 18.6 Å². The molecule has 4 N–H and O–H groups in total. The topological polar surface area (TPSA) is 120 Å². The summed E-state index contributed by atoms with van der Waals surface area (Å²) in [5, 5.41) is 11.9. The first-order valence-electron chi connectivity index (χ1n) is 13.1. The van der Waals surface area contributed by atoms with Gasteiger partial charge in [0.25, 0.3) is 5.91 Å². The van der Waals surface area contributed by atoms with E-state index >= 15 is 0 Å². The summed E-state index contributed by atoms with van der Waals surface area (Å²) in [7, 11) is 0. The van der Waals surface area contributed by atoms with E-state index in [0.717, 1.165) is 11.1 Å². The highest BCUT2D eigenvalue weighted by molar-refractivity contribution is 6.07. The van der Waals surface area contributed by atoms with E-state index < -0.39 is 29.9 Å². The van der Waals surface area contributed by atoms with Crippen LogP contribution in [0.25, 0.3) is 0 Å². The van der Waals surface area contributed by atoms with Crippen molar-refractivity contribution in [2.24, 2.45) is 0 Å². The standard InChI is InChI=1S/C30H31N5O4/c36-25-16-15-23(32-25)29(38)34-28-27(21-11-5-2-6-12-21)33-22-13-7-8-14-24(22)35(30(28)39)19-26(37)31-18-17-20-9-3-1-4-10-20/h1-14,23,27-28,33H,15-19H2,(H,31,37)(H,32,36)(H,34,38)/t23-,27-,28+/m0/s1. The molecule has 9 nitrogen and oxygen atoms in total. The molecule has 2 heterocycles. The van der Waals surface area contributed by atoms with E-state index in [4.69, 9.17) is 0 Å². The Morgan fingerprint density at radius 2 is 1.56 bits per heavy atom. The second-order valence-electron chi connectivity index (χ2n) is 9.70. The second kappa shape index (κ2) is 11.8. The highest BCUT2D eigenvalue weighted by Gasteiger charge is 2.41. The van der Waals surface area contributed by atoms with Crippen LogP contribution < -0.4 is 26.2 Å². The molecule has 9 heteroatoms. The van der Waals surface area contributed by atoms with Gasteiger partial charge in [-0.1, -0.05) is 72.8 Å². The third kappa shape index (κ3) is 6.09. The minimum absolute atomic E-state index is 0.193. The van der Waals surface area contributed by atoms with E-state index in [2.05, 4.69) is 21.3 Å². The number of amides is 4. The van der Waals surface area contributed by atoms with Crippen molar-refractivity contribution in [1.82, 2.24) is 16.0 Å². The van der Waals surface area contributed by atoms with E-state index in [0.29, 0.717) is 30.8 Å². The zero-order chi connectivity index (χ0) is 27.2. The molecular formula is C30H31N5O4. The average molecular weight is 526 g/mol. The first kappa shape index (κ1) is 26.0. The van der Waals surface area contributed by atoms with Crippen LogP contribution in [0.4, 0.5) is 11.4 Å². The monoisotopic (exact) mass is 525 g/mol. The van der Waals surface area contributed by atoms with Crippen molar-refractivity contribution in [3.05, 3.63) is 96.1 Å². The zero-order valence-electron chi connectivity index (χ0n) is 21.4. The molecule has 3 aromatic carbocycles. The second-order valence-corrected chi connectivity index (χ2v) is 9.70. The van der Waals surface area contributed by atoms with Gasteiger partial charge in [-0.3, -0.25) is 24.1 Å². The Hall–Kier alpha value is -4.66.